The molecular formula is C46H65F2N4O11P. The van der Waals surface area contributed by atoms with Gasteiger partial charge >= 0.3 is 20.4 Å². The van der Waals surface area contributed by atoms with E-state index in [2.05, 4.69) is 0 Å². The maximum absolute atomic E-state index is 16.4. The summed E-state index contributed by atoms with van der Waals surface area (Å²) in [6.07, 6.45) is 0.521. The monoisotopic (exact) mass is 918 g/mol. The number of likely N-dealkylation sites (tertiary alicyclic amines) is 2. The van der Waals surface area contributed by atoms with Crippen molar-refractivity contribution in [1.29, 1.82) is 0 Å². The first-order valence-electron chi connectivity index (χ1n) is 22.3. The number of piperidine rings is 2. The first-order valence-corrected chi connectivity index (χ1v) is 23.5. The highest BCUT2D eigenvalue weighted by atomic mass is 31.1. The molecule has 0 aromatic heterocycles. The molecule has 64 heavy (non-hydrogen) atoms. The molecular weight excluding hydrogens is 853 g/mol. The van der Waals surface area contributed by atoms with Crippen molar-refractivity contribution < 1.29 is 60.5 Å². The van der Waals surface area contributed by atoms with Crippen LogP contribution < -0.4 is 19.3 Å². The zero-order chi connectivity index (χ0) is 47.4. The molecule has 354 valence electrons. The summed E-state index contributed by atoms with van der Waals surface area (Å²) < 4.78 is 82.5. The van der Waals surface area contributed by atoms with E-state index in [1.807, 2.05) is 0 Å². The van der Waals surface area contributed by atoms with Crippen LogP contribution in [0.2, 0.25) is 0 Å². The van der Waals surface area contributed by atoms with E-state index in [0.717, 1.165) is 0 Å². The predicted octanol–water partition coefficient (Wildman–Crippen LogP) is 9.37. The molecule has 0 bridgehead atoms. The van der Waals surface area contributed by atoms with Crippen LogP contribution in [0.3, 0.4) is 0 Å². The molecule has 0 unspecified atom stereocenters. The van der Waals surface area contributed by atoms with Gasteiger partial charge in [-0.15, -0.1) is 0 Å². The van der Waals surface area contributed by atoms with Gasteiger partial charge in [0.25, 0.3) is 0 Å². The number of likely N-dealkylation sites (N-methyl/N-ethyl adjacent to an activating group) is 2. The highest BCUT2D eigenvalue weighted by Crippen LogP contribution is 2.53. The number of carbonyl (C=O) groups is 4. The maximum atomic E-state index is 16.4. The fraction of sp³-hybridized carbons (Fsp3) is 0.652. The molecule has 4 aliphatic heterocycles. The van der Waals surface area contributed by atoms with Crippen molar-refractivity contribution in [2.75, 3.05) is 50.1 Å². The number of amides is 4. The molecule has 2 spiro atoms. The van der Waals surface area contributed by atoms with Gasteiger partial charge < -0.3 is 38.5 Å². The van der Waals surface area contributed by atoms with Gasteiger partial charge in [0, 0.05) is 101 Å². The summed E-state index contributed by atoms with van der Waals surface area (Å²) in [7, 11) is -0.318. The molecule has 0 atom stereocenters. The Morgan fingerprint density at radius 2 is 0.922 bits per heavy atom. The highest BCUT2D eigenvalue weighted by molar-refractivity contribution is 7.33. The summed E-state index contributed by atoms with van der Waals surface area (Å²) in [5.74, 6) is -4.90. The summed E-state index contributed by atoms with van der Waals surface area (Å²) >= 11 is 0. The van der Waals surface area contributed by atoms with Crippen LogP contribution in [-0.4, -0.2) is 96.9 Å². The Bertz CT molecular complexity index is 2020. The van der Waals surface area contributed by atoms with Gasteiger partial charge in [-0.1, -0.05) is 27.7 Å². The number of halogens is 2. The summed E-state index contributed by atoms with van der Waals surface area (Å²) in [5, 5.41) is 0. The molecule has 0 saturated carbocycles. The minimum atomic E-state index is -3.46. The van der Waals surface area contributed by atoms with Crippen LogP contribution in [0.25, 0.3) is 0 Å². The van der Waals surface area contributed by atoms with Gasteiger partial charge in [-0.05, 0) is 67.2 Å². The van der Waals surface area contributed by atoms with E-state index in [-0.39, 0.29) is 112 Å². The molecule has 2 aromatic carbocycles. The van der Waals surface area contributed by atoms with E-state index in [1.165, 1.54) is 31.7 Å². The molecule has 18 heteroatoms. The van der Waals surface area contributed by atoms with E-state index in [9.17, 15) is 23.7 Å². The van der Waals surface area contributed by atoms with E-state index in [4.69, 9.17) is 28.0 Å². The Morgan fingerprint density at radius 1 is 0.609 bits per heavy atom. The number of hydrogen-bond acceptors (Lipinski definition) is 11. The average molecular weight is 919 g/mol. The number of carbonyl (C=O) groups excluding carboxylic acids is 4. The Hall–Kier alpha value is -4.47. The van der Waals surface area contributed by atoms with Crippen LogP contribution in [0.1, 0.15) is 132 Å². The SMILES string of the molecule is CCC(CC)(Oc1cc(F)c2c(c1)N(C)C(=O)C21CCN(C(=O)OC(C)(C)C)CC1)O[PH](=O)OC(CC)(CC)Oc1cc(F)c2c(c1)N(C)C(=O)C21CCN(C(=O)OC(C)(C)C)CC1. The maximum Gasteiger partial charge on any atom is 0.410 e. The fourth-order valence-corrected chi connectivity index (χ4v) is 10.7. The van der Waals surface area contributed by atoms with Crippen LogP contribution in [-0.2, 0) is 43.5 Å². The third-order valence-electron chi connectivity index (χ3n) is 13.0. The zero-order valence-corrected chi connectivity index (χ0v) is 40.3. The number of anilines is 2. The summed E-state index contributed by atoms with van der Waals surface area (Å²) in [6, 6.07) is 5.52. The van der Waals surface area contributed by atoms with Crippen molar-refractivity contribution in [2.24, 2.45) is 0 Å². The number of nitrogens with zero attached hydrogens (tertiary/aromatic N) is 4. The van der Waals surface area contributed by atoms with E-state index >= 15 is 8.78 Å². The highest BCUT2D eigenvalue weighted by Gasteiger charge is 2.55. The van der Waals surface area contributed by atoms with E-state index < -0.39 is 65.7 Å². The minimum Gasteiger partial charge on any atom is -0.462 e. The third-order valence-corrected chi connectivity index (χ3v) is 14.1. The predicted molar refractivity (Wildman–Crippen MR) is 236 cm³/mol. The second kappa shape index (κ2) is 17.7. The summed E-state index contributed by atoms with van der Waals surface area (Å²) in [4.78, 5) is 59.1. The first kappa shape index (κ1) is 49.0. The lowest BCUT2D eigenvalue weighted by Crippen LogP contribution is -2.50. The number of ether oxygens (including phenoxy) is 4. The molecule has 2 aromatic rings. The second-order valence-corrected chi connectivity index (χ2v) is 20.2. The fourth-order valence-electron chi connectivity index (χ4n) is 9.40. The molecule has 15 nitrogen and oxygen atoms in total. The van der Waals surface area contributed by atoms with Crippen LogP contribution in [0, 0.1) is 11.6 Å². The lowest BCUT2D eigenvalue weighted by molar-refractivity contribution is -0.155. The van der Waals surface area contributed by atoms with Crippen LogP contribution >= 0.6 is 8.25 Å². The first-order chi connectivity index (χ1) is 29.8. The Morgan fingerprint density at radius 3 is 1.20 bits per heavy atom. The molecule has 0 radical (unpaired) electrons. The van der Waals surface area contributed by atoms with Gasteiger partial charge in [0.15, 0.2) is 0 Å². The lowest BCUT2D eigenvalue weighted by Gasteiger charge is -2.39. The molecule has 0 aliphatic carbocycles. The van der Waals surface area contributed by atoms with Gasteiger partial charge in [0.1, 0.15) is 34.3 Å². The molecule has 6 rings (SSSR count). The number of hydrogen-bond donors (Lipinski definition) is 0. The number of fused-ring (bicyclic) bond motifs is 4. The van der Waals surface area contributed by atoms with Crippen molar-refractivity contribution in [3.8, 4) is 11.5 Å². The number of rotatable bonds is 12. The molecule has 0 N–H and O–H groups in total. The molecule has 2 fully saturated rings. The van der Waals surface area contributed by atoms with Gasteiger partial charge in [-0.3, -0.25) is 23.2 Å². The molecule has 2 saturated heterocycles. The van der Waals surface area contributed by atoms with Crippen LogP contribution in [0.4, 0.5) is 29.7 Å². The lowest BCUT2D eigenvalue weighted by atomic mass is 9.73. The Balaban J connectivity index is 1.17. The van der Waals surface area contributed by atoms with Crippen LogP contribution in [0.5, 0.6) is 11.5 Å². The van der Waals surface area contributed by atoms with Gasteiger partial charge in [0.2, 0.25) is 23.4 Å². The van der Waals surface area contributed by atoms with Crippen molar-refractivity contribution >= 4 is 43.6 Å². The topological polar surface area (TPSA) is 154 Å². The Labute approximate surface area is 375 Å². The minimum absolute atomic E-state index is 0.0479. The number of benzene rings is 2. The van der Waals surface area contributed by atoms with E-state index in [0.29, 0.717) is 11.4 Å². The van der Waals surface area contributed by atoms with Crippen LogP contribution in [0.15, 0.2) is 24.3 Å². The third kappa shape index (κ3) is 9.18. The average Bonchev–Trinajstić information content (AvgIpc) is 3.54. The van der Waals surface area contributed by atoms with Crippen molar-refractivity contribution in [3.63, 3.8) is 0 Å². The standard InChI is InChI=1S/C46H65F2N4O11P/c1-13-45(14-2,58-29-25-31(47)35-33(27-29)49(11)37(53)43(35)17-21-51(22-18-43)39(55)60-41(5,6)7)62-64(57)63-46(15-3,16-4)59-30-26-32(48)36-34(28-30)50(12)38(54)44(36)19-23-52(24-20-44)40(56)61-42(8,9)10/h25-28,64H,13-24H2,1-12H3. The van der Waals surface area contributed by atoms with Crippen molar-refractivity contribution in [2.45, 2.75) is 154 Å². The second-order valence-electron chi connectivity index (χ2n) is 19.3. The quantitative estimate of drug-likeness (QED) is 0.148. The van der Waals surface area contributed by atoms with Gasteiger partial charge in [-0.2, -0.15) is 0 Å². The molecule has 4 aliphatic rings. The Kier molecular flexibility index (Phi) is 13.6. The summed E-state index contributed by atoms with van der Waals surface area (Å²) in [6.45, 7) is 18.5. The molecule has 4 amide bonds. The summed E-state index contributed by atoms with van der Waals surface area (Å²) in [5.41, 5.74) is -2.61. The van der Waals surface area contributed by atoms with Crippen molar-refractivity contribution in [1.82, 2.24) is 9.80 Å². The molecule has 4 heterocycles. The normalized spacial score (nSPS) is 18.5. The van der Waals surface area contributed by atoms with Crippen molar-refractivity contribution in [3.05, 3.63) is 47.0 Å². The van der Waals surface area contributed by atoms with E-state index in [1.54, 1.807) is 95.5 Å². The largest absolute Gasteiger partial charge is 0.462 e. The zero-order valence-electron chi connectivity index (χ0n) is 39.3. The smallest absolute Gasteiger partial charge is 0.410 e. The van der Waals surface area contributed by atoms with Gasteiger partial charge in [0.05, 0.1) is 22.2 Å². The van der Waals surface area contributed by atoms with Gasteiger partial charge in [-0.25, -0.2) is 18.4 Å².